The summed E-state index contributed by atoms with van der Waals surface area (Å²) in [6, 6.07) is 23.3. The molecule has 2 amide bonds. The number of sulfonamides is 1. The number of pyridine rings is 1. The molecule has 0 aliphatic heterocycles. The molecule has 2 aromatic carbocycles. The summed E-state index contributed by atoms with van der Waals surface area (Å²) in [4.78, 5) is 32.8. The van der Waals surface area contributed by atoms with Gasteiger partial charge in [-0.1, -0.05) is 54.6 Å². The summed E-state index contributed by atoms with van der Waals surface area (Å²) < 4.78 is 29.2. The van der Waals surface area contributed by atoms with Gasteiger partial charge in [0.2, 0.25) is 11.8 Å². The number of nitrogens with zero attached hydrogens (tertiary/aromatic N) is 4. The van der Waals surface area contributed by atoms with E-state index in [1.807, 2.05) is 30.3 Å². The van der Waals surface area contributed by atoms with Gasteiger partial charge in [-0.15, -0.1) is 12.4 Å². The Morgan fingerprint density at radius 3 is 2.33 bits per heavy atom. The molecule has 0 aliphatic rings. The molecular formula is C29H30ClN5O4S. The zero-order valence-electron chi connectivity index (χ0n) is 21.8. The van der Waals surface area contributed by atoms with E-state index in [4.69, 9.17) is 0 Å². The second-order valence-electron chi connectivity index (χ2n) is 8.77. The number of hydrogen-bond donors (Lipinski definition) is 1. The number of aromatic nitrogens is 3. The monoisotopic (exact) mass is 579 g/mol. The van der Waals surface area contributed by atoms with Crippen LogP contribution in [0.25, 0.3) is 6.08 Å². The normalized spacial score (nSPS) is 11.9. The summed E-state index contributed by atoms with van der Waals surface area (Å²) in [6.45, 7) is 2.51. The molecule has 4 rings (SSSR count). The van der Waals surface area contributed by atoms with Crippen LogP contribution in [0.3, 0.4) is 0 Å². The zero-order valence-corrected chi connectivity index (χ0v) is 23.5. The quantitative estimate of drug-likeness (QED) is 0.268. The molecule has 0 saturated carbocycles. The highest BCUT2D eigenvalue weighted by molar-refractivity contribution is 7.93. The van der Waals surface area contributed by atoms with E-state index in [-0.39, 0.29) is 18.8 Å². The molecule has 1 N–H and O–H groups in total. The maximum Gasteiger partial charge on any atom is 0.257 e. The van der Waals surface area contributed by atoms with Crippen molar-refractivity contribution in [3.8, 4) is 0 Å². The molecule has 0 bridgehead atoms. The number of halogens is 1. The number of rotatable bonds is 11. The molecule has 1 atom stereocenters. The van der Waals surface area contributed by atoms with Crippen molar-refractivity contribution in [1.29, 1.82) is 0 Å². The number of anilines is 1. The molecule has 2 aromatic heterocycles. The summed E-state index contributed by atoms with van der Waals surface area (Å²) in [5, 5.41) is 5.25. The Labute approximate surface area is 240 Å². The SMILES string of the molecule is CCN(C(=O)C(Cc1cnn(Cc2ccccn2)c1)C(=O)NS(=O)(=O)C=Cc1ccccc1)c1ccccc1.Cl. The standard InChI is InChI=1S/C29H29N5O4S.ClH/c1-2-34(26-14-7-4-8-15-26)29(36)27(19-24-20-31-33(21-24)22-25-13-9-10-17-30-25)28(35)32-39(37,38)18-16-23-11-5-3-6-12-23;/h3-18,20-21,27H,2,19,22H2,1H3,(H,32,35);1H. The van der Waals surface area contributed by atoms with E-state index in [1.165, 1.54) is 11.0 Å². The molecule has 11 heteroatoms. The van der Waals surface area contributed by atoms with Gasteiger partial charge in [-0.3, -0.25) is 19.3 Å². The smallest absolute Gasteiger partial charge is 0.257 e. The Balaban J connectivity index is 0.00000441. The largest absolute Gasteiger partial charge is 0.312 e. The van der Waals surface area contributed by atoms with E-state index in [0.717, 1.165) is 11.1 Å². The first-order valence-corrected chi connectivity index (χ1v) is 14.0. The molecule has 0 fully saturated rings. The molecule has 1 unspecified atom stereocenters. The fourth-order valence-electron chi connectivity index (χ4n) is 4.02. The second kappa shape index (κ2) is 14.2. The van der Waals surface area contributed by atoms with E-state index in [2.05, 4.69) is 14.8 Å². The molecule has 2 heterocycles. The van der Waals surface area contributed by atoms with Gasteiger partial charge in [-0.05, 0) is 54.8 Å². The van der Waals surface area contributed by atoms with Gasteiger partial charge < -0.3 is 4.90 Å². The van der Waals surface area contributed by atoms with Gasteiger partial charge >= 0.3 is 0 Å². The van der Waals surface area contributed by atoms with E-state index in [0.29, 0.717) is 29.9 Å². The fraction of sp³-hybridized carbons (Fsp3) is 0.172. The highest BCUT2D eigenvalue weighted by Gasteiger charge is 2.33. The Bertz CT molecular complexity index is 1530. The van der Waals surface area contributed by atoms with Crippen LogP contribution in [0.5, 0.6) is 0 Å². The number of amides is 2. The second-order valence-corrected chi connectivity index (χ2v) is 10.3. The molecule has 40 heavy (non-hydrogen) atoms. The van der Waals surface area contributed by atoms with Crippen molar-refractivity contribution in [3.63, 3.8) is 0 Å². The Morgan fingerprint density at radius 1 is 1.00 bits per heavy atom. The van der Waals surface area contributed by atoms with E-state index in [1.54, 1.807) is 78.7 Å². The summed E-state index contributed by atoms with van der Waals surface area (Å²) in [5.41, 5.74) is 2.68. The van der Waals surface area contributed by atoms with Crippen LogP contribution in [0.2, 0.25) is 0 Å². The number of benzene rings is 2. The van der Waals surface area contributed by atoms with Crippen LogP contribution in [0, 0.1) is 5.92 Å². The molecule has 9 nitrogen and oxygen atoms in total. The van der Waals surface area contributed by atoms with Crippen molar-refractivity contribution in [2.24, 2.45) is 5.92 Å². The number of para-hydroxylation sites is 1. The van der Waals surface area contributed by atoms with Crippen LogP contribution >= 0.6 is 12.4 Å². The lowest BCUT2D eigenvalue weighted by Crippen LogP contribution is -2.46. The molecule has 0 aliphatic carbocycles. The predicted molar refractivity (Wildman–Crippen MR) is 157 cm³/mol. The van der Waals surface area contributed by atoms with Crippen LogP contribution in [-0.2, 0) is 32.6 Å². The van der Waals surface area contributed by atoms with Crippen molar-refractivity contribution in [3.05, 3.63) is 120 Å². The van der Waals surface area contributed by atoms with Gasteiger partial charge in [0, 0.05) is 24.6 Å². The number of carbonyl (C=O) groups is 2. The minimum Gasteiger partial charge on any atom is -0.312 e. The van der Waals surface area contributed by atoms with Crippen LogP contribution in [0.1, 0.15) is 23.7 Å². The highest BCUT2D eigenvalue weighted by Crippen LogP contribution is 2.20. The van der Waals surface area contributed by atoms with Crippen molar-refractivity contribution < 1.29 is 18.0 Å². The minimum absolute atomic E-state index is 0. The minimum atomic E-state index is -4.16. The molecule has 0 radical (unpaired) electrons. The number of carbonyl (C=O) groups excluding carboxylic acids is 2. The van der Waals surface area contributed by atoms with Crippen molar-refractivity contribution in [2.75, 3.05) is 11.4 Å². The Morgan fingerprint density at radius 2 is 1.68 bits per heavy atom. The third kappa shape index (κ3) is 8.36. The van der Waals surface area contributed by atoms with Crippen LogP contribution in [0.4, 0.5) is 5.69 Å². The van der Waals surface area contributed by atoms with Crippen molar-refractivity contribution in [2.45, 2.75) is 19.9 Å². The third-order valence-electron chi connectivity index (χ3n) is 5.92. The van der Waals surface area contributed by atoms with Gasteiger partial charge in [-0.2, -0.15) is 5.10 Å². The lowest BCUT2D eigenvalue weighted by atomic mass is 9.99. The molecule has 0 spiro atoms. The lowest BCUT2D eigenvalue weighted by molar-refractivity contribution is -0.132. The fourth-order valence-corrected chi connectivity index (χ4v) is 4.85. The molecule has 208 valence electrons. The van der Waals surface area contributed by atoms with Gasteiger partial charge in [-0.25, -0.2) is 13.1 Å². The average molecular weight is 580 g/mol. The van der Waals surface area contributed by atoms with Gasteiger partial charge in [0.05, 0.1) is 23.8 Å². The first-order valence-electron chi connectivity index (χ1n) is 12.4. The average Bonchev–Trinajstić information content (AvgIpc) is 3.39. The maximum absolute atomic E-state index is 13.7. The number of nitrogens with one attached hydrogen (secondary N) is 1. The van der Waals surface area contributed by atoms with E-state index < -0.39 is 27.8 Å². The van der Waals surface area contributed by atoms with Gasteiger partial charge in [0.15, 0.2) is 0 Å². The van der Waals surface area contributed by atoms with E-state index in [9.17, 15) is 18.0 Å². The number of hydrogen-bond acceptors (Lipinski definition) is 6. The lowest BCUT2D eigenvalue weighted by Gasteiger charge is -2.25. The molecule has 0 saturated heterocycles. The molecular weight excluding hydrogens is 550 g/mol. The molecule has 4 aromatic rings. The Hall–Kier alpha value is -4.28. The van der Waals surface area contributed by atoms with Crippen LogP contribution in [-0.4, -0.2) is 41.5 Å². The summed E-state index contributed by atoms with van der Waals surface area (Å²) in [5.74, 6) is -2.73. The van der Waals surface area contributed by atoms with E-state index >= 15 is 0 Å². The first kappa shape index (κ1) is 30.3. The third-order valence-corrected chi connectivity index (χ3v) is 6.90. The predicted octanol–water partition coefficient (Wildman–Crippen LogP) is 4.08. The Kier molecular flexibility index (Phi) is 10.7. The van der Waals surface area contributed by atoms with Gasteiger partial charge in [0.25, 0.3) is 10.0 Å². The first-order chi connectivity index (χ1) is 18.8. The van der Waals surface area contributed by atoms with Gasteiger partial charge in [0.1, 0.15) is 5.92 Å². The van der Waals surface area contributed by atoms with Crippen LogP contribution in [0.15, 0.2) is 103 Å². The maximum atomic E-state index is 13.7. The van der Waals surface area contributed by atoms with Crippen LogP contribution < -0.4 is 9.62 Å². The summed E-state index contributed by atoms with van der Waals surface area (Å²) in [6.07, 6.45) is 6.34. The zero-order chi connectivity index (χ0) is 27.7. The summed E-state index contributed by atoms with van der Waals surface area (Å²) in [7, 11) is -4.16. The highest BCUT2D eigenvalue weighted by atomic mass is 35.5. The van der Waals surface area contributed by atoms with Crippen molar-refractivity contribution in [1.82, 2.24) is 19.5 Å². The topological polar surface area (TPSA) is 114 Å². The van der Waals surface area contributed by atoms with Crippen molar-refractivity contribution >= 4 is 46.0 Å². The summed E-state index contributed by atoms with van der Waals surface area (Å²) >= 11 is 0.